The monoisotopic (exact) mass is 309 g/mol. The lowest BCUT2D eigenvalue weighted by Crippen LogP contribution is -2.24. The maximum absolute atomic E-state index is 6.34. The summed E-state index contributed by atoms with van der Waals surface area (Å²) in [5.74, 6) is 0.642. The summed E-state index contributed by atoms with van der Waals surface area (Å²) in [4.78, 5) is 6.36. The van der Waals surface area contributed by atoms with Crippen LogP contribution in [0.2, 0.25) is 5.02 Å². The summed E-state index contributed by atoms with van der Waals surface area (Å²) in [5.41, 5.74) is 7.74. The molecule has 2 N–H and O–H groups in total. The quantitative estimate of drug-likeness (QED) is 0.877. The first-order valence-electron chi connectivity index (χ1n) is 6.65. The molecule has 2 rings (SSSR count). The first kappa shape index (κ1) is 15.8. The number of hydrogen-bond donors (Lipinski definition) is 1. The molecule has 1 atom stereocenters. The summed E-state index contributed by atoms with van der Waals surface area (Å²) in [6.07, 6.45) is 3.34. The van der Waals surface area contributed by atoms with Crippen LogP contribution in [0.5, 0.6) is 5.75 Å². The van der Waals surface area contributed by atoms with Crippen LogP contribution < -0.4 is 10.5 Å². The van der Waals surface area contributed by atoms with Crippen LogP contribution in [0.25, 0.3) is 0 Å². The zero-order valence-corrected chi connectivity index (χ0v) is 13.2. The standard InChI is InChI=1S/C14H20ClN5O/c1-19(2)7-8-20-14(11(21-3)9-18-20)12(16)13-10(15)5-4-6-17-13/h4-6,9,12H,7-8,16H2,1-3H3. The van der Waals surface area contributed by atoms with Gasteiger partial charge >= 0.3 is 0 Å². The van der Waals surface area contributed by atoms with Gasteiger partial charge in [0.1, 0.15) is 5.69 Å². The van der Waals surface area contributed by atoms with E-state index in [2.05, 4.69) is 15.0 Å². The molecule has 0 bridgehead atoms. The molecule has 0 amide bonds. The van der Waals surface area contributed by atoms with Crippen LogP contribution in [0.15, 0.2) is 24.5 Å². The van der Waals surface area contributed by atoms with Crippen LogP contribution in [0, 0.1) is 0 Å². The molecule has 6 nitrogen and oxygen atoms in total. The number of halogens is 1. The predicted molar refractivity (Wildman–Crippen MR) is 82.6 cm³/mol. The number of nitrogens with two attached hydrogens (primary N) is 1. The normalized spacial score (nSPS) is 12.7. The summed E-state index contributed by atoms with van der Waals surface area (Å²) >= 11 is 6.19. The number of pyridine rings is 1. The molecule has 0 spiro atoms. The van der Waals surface area contributed by atoms with E-state index in [-0.39, 0.29) is 0 Å². The van der Waals surface area contributed by atoms with E-state index in [0.29, 0.717) is 23.0 Å². The van der Waals surface area contributed by atoms with Gasteiger partial charge in [-0.15, -0.1) is 0 Å². The Balaban J connectivity index is 2.36. The second-order valence-electron chi connectivity index (χ2n) is 4.97. The average Bonchev–Trinajstić information content (AvgIpc) is 2.87. The predicted octanol–water partition coefficient (Wildman–Crippen LogP) is 1.55. The molecule has 2 aromatic heterocycles. The third-order valence-electron chi connectivity index (χ3n) is 3.20. The van der Waals surface area contributed by atoms with Gasteiger partial charge in [0.25, 0.3) is 0 Å². The lowest BCUT2D eigenvalue weighted by molar-refractivity contribution is 0.363. The van der Waals surface area contributed by atoms with Crippen LogP contribution in [-0.2, 0) is 6.54 Å². The molecule has 0 aliphatic heterocycles. The van der Waals surface area contributed by atoms with E-state index in [0.717, 1.165) is 12.2 Å². The largest absolute Gasteiger partial charge is 0.493 e. The summed E-state index contributed by atoms with van der Waals surface area (Å²) in [6.45, 7) is 1.56. The third kappa shape index (κ3) is 3.53. The molecule has 0 saturated heterocycles. The van der Waals surface area contributed by atoms with Gasteiger partial charge < -0.3 is 15.4 Å². The average molecular weight is 310 g/mol. The van der Waals surface area contributed by atoms with Gasteiger partial charge in [0.05, 0.1) is 36.6 Å². The van der Waals surface area contributed by atoms with Gasteiger partial charge in [-0.25, -0.2) is 0 Å². The SMILES string of the molecule is COc1cnn(CCN(C)C)c1C(N)c1ncccc1Cl. The number of aromatic nitrogens is 3. The van der Waals surface area contributed by atoms with Gasteiger partial charge in [-0.3, -0.25) is 9.67 Å². The molecule has 0 aliphatic rings. The summed E-state index contributed by atoms with van der Waals surface area (Å²) in [6, 6.07) is 3.06. The fraction of sp³-hybridized carbons (Fsp3) is 0.429. The van der Waals surface area contributed by atoms with Gasteiger partial charge in [0.2, 0.25) is 0 Å². The highest BCUT2D eigenvalue weighted by molar-refractivity contribution is 6.31. The molecule has 2 aromatic rings. The Bertz CT molecular complexity index is 599. The van der Waals surface area contributed by atoms with Crippen molar-refractivity contribution in [1.82, 2.24) is 19.7 Å². The van der Waals surface area contributed by atoms with Crippen molar-refractivity contribution in [2.24, 2.45) is 5.73 Å². The summed E-state index contributed by atoms with van der Waals surface area (Å²) in [7, 11) is 5.62. The fourth-order valence-electron chi connectivity index (χ4n) is 2.08. The topological polar surface area (TPSA) is 69.2 Å². The Labute approximate surface area is 129 Å². The van der Waals surface area contributed by atoms with E-state index in [1.165, 1.54) is 0 Å². The molecule has 0 saturated carbocycles. The highest BCUT2D eigenvalue weighted by atomic mass is 35.5. The first-order chi connectivity index (χ1) is 10.0. The molecule has 0 aliphatic carbocycles. The number of likely N-dealkylation sites (N-methyl/N-ethyl adjacent to an activating group) is 1. The maximum Gasteiger partial charge on any atom is 0.161 e. The first-order valence-corrected chi connectivity index (χ1v) is 7.02. The van der Waals surface area contributed by atoms with Gasteiger partial charge in [-0.2, -0.15) is 5.10 Å². The van der Waals surface area contributed by atoms with Crippen LogP contribution in [0.1, 0.15) is 17.4 Å². The molecule has 1 unspecified atom stereocenters. The molecule has 114 valence electrons. The number of rotatable bonds is 6. The van der Waals surface area contributed by atoms with Crippen molar-refractivity contribution in [3.05, 3.63) is 40.9 Å². The van der Waals surface area contributed by atoms with Crippen molar-refractivity contribution in [3.63, 3.8) is 0 Å². The second-order valence-corrected chi connectivity index (χ2v) is 5.38. The minimum Gasteiger partial charge on any atom is -0.493 e. The number of hydrogen-bond acceptors (Lipinski definition) is 5. The number of nitrogens with zero attached hydrogens (tertiary/aromatic N) is 4. The summed E-state index contributed by atoms with van der Waals surface area (Å²) in [5, 5.41) is 4.88. The van der Waals surface area contributed by atoms with Crippen LogP contribution in [-0.4, -0.2) is 47.4 Å². The smallest absolute Gasteiger partial charge is 0.161 e. The Kier molecular flexibility index (Phi) is 5.17. The van der Waals surface area contributed by atoms with Crippen molar-refractivity contribution in [1.29, 1.82) is 0 Å². The molecular formula is C14H20ClN5O. The molecule has 2 heterocycles. The van der Waals surface area contributed by atoms with E-state index in [9.17, 15) is 0 Å². The van der Waals surface area contributed by atoms with Crippen molar-refractivity contribution >= 4 is 11.6 Å². The number of methoxy groups -OCH3 is 1. The molecule has 0 aromatic carbocycles. The minimum atomic E-state index is -0.488. The van der Waals surface area contributed by atoms with E-state index < -0.39 is 6.04 Å². The Morgan fingerprint density at radius 2 is 2.24 bits per heavy atom. The van der Waals surface area contributed by atoms with E-state index >= 15 is 0 Å². The minimum absolute atomic E-state index is 0.488. The van der Waals surface area contributed by atoms with Gasteiger partial charge in [-0.05, 0) is 26.2 Å². The van der Waals surface area contributed by atoms with Crippen LogP contribution in [0.3, 0.4) is 0 Å². The van der Waals surface area contributed by atoms with E-state index in [1.54, 1.807) is 31.6 Å². The van der Waals surface area contributed by atoms with Gasteiger partial charge in [0.15, 0.2) is 5.75 Å². The van der Waals surface area contributed by atoms with Crippen molar-refractivity contribution < 1.29 is 4.74 Å². The maximum atomic E-state index is 6.34. The Morgan fingerprint density at radius 3 is 2.86 bits per heavy atom. The lowest BCUT2D eigenvalue weighted by Gasteiger charge is -2.17. The highest BCUT2D eigenvalue weighted by Crippen LogP contribution is 2.30. The zero-order valence-electron chi connectivity index (χ0n) is 12.5. The Hall–Kier alpha value is -1.63. The Morgan fingerprint density at radius 1 is 1.48 bits per heavy atom. The van der Waals surface area contributed by atoms with E-state index in [4.69, 9.17) is 22.1 Å². The molecule has 0 fully saturated rings. The molecule has 7 heteroatoms. The van der Waals surface area contributed by atoms with Gasteiger partial charge in [0, 0.05) is 12.7 Å². The zero-order chi connectivity index (χ0) is 15.4. The van der Waals surface area contributed by atoms with Crippen molar-refractivity contribution in [3.8, 4) is 5.75 Å². The second kappa shape index (κ2) is 6.89. The summed E-state index contributed by atoms with van der Waals surface area (Å²) < 4.78 is 7.21. The lowest BCUT2D eigenvalue weighted by atomic mass is 10.1. The van der Waals surface area contributed by atoms with Crippen LogP contribution in [0.4, 0.5) is 0 Å². The highest BCUT2D eigenvalue weighted by Gasteiger charge is 2.23. The number of ether oxygens (including phenoxy) is 1. The fourth-order valence-corrected chi connectivity index (χ4v) is 2.32. The third-order valence-corrected chi connectivity index (χ3v) is 3.52. The van der Waals surface area contributed by atoms with E-state index in [1.807, 2.05) is 18.8 Å². The molecular weight excluding hydrogens is 290 g/mol. The van der Waals surface area contributed by atoms with Gasteiger partial charge in [-0.1, -0.05) is 11.6 Å². The van der Waals surface area contributed by atoms with Crippen LogP contribution >= 0.6 is 11.6 Å². The molecule has 21 heavy (non-hydrogen) atoms. The van der Waals surface area contributed by atoms with Crippen molar-refractivity contribution in [2.75, 3.05) is 27.7 Å². The molecule has 0 radical (unpaired) electrons. The van der Waals surface area contributed by atoms with Crippen molar-refractivity contribution in [2.45, 2.75) is 12.6 Å².